The van der Waals surface area contributed by atoms with E-state index in [0.29, 0.717) is 0 Å². The Morgan fingerprint density at radius 2 is 0.960 bits per heavy atom. The average Bonchev–Trinajstić information content (AvgIpc) is 2.63. The van der Waals surface area contributed by atoms with Crippen molar-refractivity contribution < 1.29 is 9.16 Å². The van der Waals surface area contributed by atoms with Crippen molar-refractivity contribution in [3.8, 4) is 0 Å². The highest BCUT2D eigenvalue weighted by Gasteiger charge is 2.33. The first-order chi connectivity index (χ1) is 12.2. The molecule has 2 nitrogen and oxygen atoms in total. The van der Waals surface area contributed by atoms with E-state index in [2.05, 4.69) is 27.7 Å². The molecule has 0 amide bonds. The molecule has 0 N–H and O–H groups in total. The average molecular weight is 373 g/mol. The van der Waals surface area contributed by atoms with Crippen LogP contribution in [0.2, 0.25) is 18.1 Å². The molecule has 0 saturated carbocycles. The summed E-state index contributed by atoms with van der Waals surface area (Å²) in [5.74, 6) is 0. The van der Waals surface area contributed by atoms with E-state index >= 15 is 0 Å². The van der Waals surface area contributed by atoms with Crippen molar-refractivity contribution in [3.63, 3.8) is 0 Å². The van der Waals surface area contributed by atoms with Crippen LogP contribution in [0.15, 0.2) is 0 Å². The monoisotopic (exact) mass is 372 g/mol. The Morgan fingerprint density at radius 3 is 1.32 bits per heavy atom. The van der Waals surface area contributed by atoms with Crippen molar-refractivity contribution in [3.05, 3.63) is 0 Å². The lowest BCUT2D eigenvalue weighted by atomic mass is 10.2. The Balaban J connectivity index is 4.62. The van der Waals surface area contributed by atoms with Gasteiger partial charge in [-0.25, -0.2) is 0 Å². The molecule has 3 heteroatoms. The topological polar surface area (TPSA) is 18.5 Å². The molecule has 0 radical (unpaired) electrons. The van der Waals surface area contributed by atoms with Gasteiger partial charge in [0.25, 0.3) is 0 Å². The summed E-state index contributed by atoms with van der Waals surface area (Å²) in [4.78, 5) is 0. The van der Waals surface area contributed by atoms with E-state index in [9.17, 15) is 0 Å². The van der Waals surface area contributed by atoms with Crippen LogP contribution in [0.5, 0.6) is 0 Å². The zero-order valence-corrected chi connectivity index (χ0v) is 19.0. The van der Waals surface area contributed by atoms with Gasteiger partial charge in [-0.05, 0) is 25.1 Å². The smallest absolute Gasteiger partial charge is 0.192 e. The molecule has 0 rings (SSSR count). The second-order valence-electron chi connectivity index (χ2n) is 7.66. The highest BCUT2D eigenvalue weighted by atomic mass is 28.4. The summed E-state index contributed by atoms with van der Waals surface area (Å²) in [6.45, 7) is 11.4. The van der Waals surface area contributed by atoms with E-state index in [1.165, 1.54) is 95.2 Å². The van der Waals surface area contributed by atoms with Crippen molar-refractivity contribution >= 4 is 8.32 Å². The van der Waals surface area contributed by atoms with E-state index < -0.39 is 8.32 Å². The molecule has 0 fully saturated rings. The Morgan fingerprint density at radius 1 is 0.520 bits per heavy atom. The predicted molar refractivity (Wildman–Crippen MR) is 115 cm³/mol. The third-order valence-electron chi connectivity index (χ3n) is 5.30. The van der Waals surface area contributed by atoms with Gasteiger partial charge in [-0.3, -0.25) is 0 Å². The molecular formula is C22H48O2Si. The number of hydrogen-bond acceptors (Lipinski definition) is 2. The molecule has 152 valence electrons. The molecule has 0 unspecified atom stereocenters. The van der Waals surface area contributed by atoms with Crippen molar-refractivity contribution in [1.82, 2.24) is 0 Å². The summed E-state index contributed by atoms with van der Waals surface area (Å²) in [5.41, 5.74) is 0. The number of hydrogen-bond donors (Lipinski definition) is 0. The molecular weight excluding hydrogens is 324 g/mol. The van der Waals surface area contributed by atoms with Gasteiger partial charge >= 0.3 is 0 Å². The third kappa shape index (κ3) is 14.9. The van der Waals surface area contributed by atoms with Gasteiger partial charge in [-0.1, -0.05) is 97.8 Å². The lowest BCUT2D eigenvalue weighted by Crippen LogP contribution is -2.39. The second-order valence-corrected chi connectivity index (χ2v) is 11.8. The zero-order chi connectivity index (χ0) is 18.6. The third-order valence-corrected chi connectivity index (χ3v) is 9.91. The van der Waals surface area contributed by atoms with Gasteiger partial charge in [-0.2, -0.15) is 0 Å². The number of unbranched alkanes of at least 4 members (excludes halogenated alkanes) is 9. The maximum Gasteiger partial charge on any atom is 0.192 e. The van der Waals surface area contributed by atoms with Gasteiger partial charge < -0.3 is 9.16 Å². The van der Waals surface area contributed by atoms with Gasteiger partial charge in [0.2, 0.25) is 0 Å². The van der Waals surface area contributed by atoms with E-state index in [-0.39, 0.29) is 0 Å². The van der Waals surface area contributed by atoms with E-state index in [1.807, 2.05) is 0 Å². The van der Waals surface area contributed by atoms with Crippen LogP contribution in [0.25, 0.3) is 0 Å². The number of ether oxygens (including phenoxy) is 1. The van der Waals surface area contributed by atoms with Crippen molar-refractivity contribution in [2.24, 2.45) is 0 Å². The largest absolute Gasteiger partial charge is 0.414 e. The highest BCUT2D eigenvalue weighted by molar-refractivity contribution is 6.73. The van der Waals surface area contributed by atoms with Crippen LogP contribution in [0.1, 0.15) is 105 Å². The quantitative estimate of drug-likeness (QED) is 0.161. The second kappa shape index (κ2) is 18.9. The fourth-order valence-corrected chi connectivity index (χ4v) is 8.06. The van der Waals surface area contributed by atoms with Gasteiger partial charge in [-0.15, -0.1) is 0 Å². The van der Waals surface area contributed by atoms with Crippen molar-refractivity contribution in [2.45, 2.75) is 123 Å². The SMILES string of the molecule is CCCCCC[Si](CCCCCC)(CCCCCC)OCCOCC. The minimum Gasteiger partial charge on any atom is -0.414 e. The standard InChI is InChI=1S/C22H48O2Si/c1-5-9-12-15-20-25(21-16-13-10-6-2,22-17-14-11-7-3)24-19-18-23-8-4/h5-22H2,1-4H3. The lowest BCUT2D eigenvalue weighted by molar-refractivity contribution is 0.105. The molecule has 0 aromatic heterocycles. The minimum absolute atomic E-state index is 0.782. The fourth-order valence-electron chi connectivity index (χ4n) is 3.67. The summed E-state index contributed by atoms with van der Waals surface area (Å²) < 4.78 is 12.2. The van der Waals surface area contributed by atoms with Gasteiger partial charge in [0.15, 0.2) is 8.32 Å². The molecule has 25 heavy (non-hydrogen) atoms. The van der Waals surface area contributed by atoms with Crippen LogP contribution in [0.4, 0.5) is 0 Å². The Hall–Kier alpha value is 0.137. The van der Waals surface area contributed by atoms with E-state index in [0.717, 1.165) is 19.8 Å². The van der Waals surface area contributed by atoms with Crippen LogP contribution in [0, 0.1) is 0 Å². The lowest BCUT2D eigenvalue weighted by Gasteiger charge is -2.32. The highest BCUT2D eigenvalue weighted by Crippen LogP contribution is 2.30. The van der Waals surface area contributed by atoms with Gasteiger partial charge in [0.05, 0.1) is 13.2 Å². The van der Waals surface area contributed by atoms with Crippen molar-refractivity contribution in [1.29, 1.82) is 0 Å². The zero-order valence-electron chi connectivity index (χ0n) is 18.0. The Labute approximate surface area is 160 Å². The van der Waals surface area contributed by atoms with Crippen LogP contribution >= 0.6 is 0 Å². The number of rotatable bonds is 20. The molecule has 0 bridgehead atoms. The molecule has 0 spiro atoms. The summed E-state index contributed by atoms with van der Waals surface area (Å²) in [6.07, 6.45) is 16.5. The molecule has 0 aromatic rings. The molecule has 0 aromatic carbocycles. The van der Waals surface area contributed by atoms with Crippen LogP contribution < -0.4 is 0 Å². The summed E-state index contributed by atoms with van der Waals surface area (Å²) >= 11 is 0. The summed E-state index contributed by atoms with van der Waals surface area (Å²) in [5, 5.41) is 0. The predicted octanol–water partition coefficient (Wildman–Crippen LogP) is 7.73. The molecule has 0 aliphatic rings. The maximum absolute atomic E-state index is 6.69. The summed E-state index contributed by atoms with van der Waals surface area (Å²) in [7, 11) is -1.58. The van der Waals surface area contributed by atoms with Gasteiger partial charge in [0, 0.05) is 6.61 Å². The molecule has 0 heterocycles. The first kappa shape index (κ1) is 25.1. The normalized spacial score (nSPS) is 12.0. The fraction of sp³-hybridized carbons (Fsp3) is 1.00. The van der Waals surface area contributed by atoms with Crippen molar-refractivity contribution in [2.75, 3.05) is 19.8 Å². The van der Waals surface area contributed by atoms with Gasteiger partial charge in [0.1, 0.15) is 0 Å². The first-order valence-corrected chi connectivity index (χ1v) is 14.0. The minimum atomic E-state index is -1.58. The van der Waals surface area contributed by atoms with Crippen LogP contribution in [0.3, 0.4) is 0 Å². The summed E-state index contributed by atoms with van der Waals surface area (Å²) in [6, 6.07) is 4.16. The van der Waals surface area contributed by atoms with E-state index in [1.54, 1.807) is 0 Å². The Bertz CT molecular complexity index is 205. The Kier molecular flexibility index (Phi) is 19.0. The molecule has 0 aliphatic carbocycles. The van der Waals surface area contributed by atoms with Crippen LogP contribution in [-0.2, 0) is 9.16 Å². The maximum atomic E-state index is 6.69. The van der Waals surface area contributed by atoms with Crippen LogP contribution in [-0.4, -0.2) is 28.1 Å². The first-order valence-electron chi connectivity index (χ1n) is 11.5. The molecule has 0 saturated heterocycles. The molecule has 0 atom stereocenters. The van der Waals surface area contributed by atoms with E-state index in [4.69, 9.17) is 9.16 Å². The molecule has 0 aliphatic heterocycles.